The minimum Gasteiger partial charge on any atom is -0.462 e. The first kappa shape index (κ1) is 62.1. The molecule has 406 valence electrons. The number of esters is 1. The molecule has 0 aliphatic carbocycles. The number of aliphatic hydroxyl groups excluding tert-OH is 9. The molecule has 3 rings (SSSR count). The quantitative estimate of drug-likeness (QED) is 0.125. The zero-order valence-corrected chi connectivity index (χ0v) is 42.5. The molecule has 0 aromatic rings. The van der Waals surface area contributed by atoms with E-state index in [1.165, 1.54) is 0 Å². The molecule has 3 heterocycles. The molecule has 1 amide bonds. The van der Waals surface area contributed by atoms with Gasteiger partial charge in [0.2, 0.25) is 5.91 Å². The highest BCUT2D eigenvalue weighted by molar-refractivity contribution is 5.80. The molecule has 2 fully saturated rings. The molecule has 0 aromatic heterocycles. The summed E-state index contributed by atoms with van der Waals surface area (Å²) in [7, 11) is 3.78. The summed E-state index contributed by atoms with van der Waals surface area (Å²) < 4.78 is 23.8. The van der Waals surface area contributed by atoms with Crippen molar-refractivity contribution in [2.75, 3.05) is 27.2 Å². The van der Waals surface area contributed by atoms with Crippen LogP contribution in [0.1, 0.15) is 98.3 Å². The zero-order chi connectivity index (χ0) is 52.8. The first-order valence-corrected chi connectivity index (χ1v) is 25.2. The number of amides is 1. The van der Waals surface area contributed by atoms with Crippen molar-refractivity contribution < 1.29 is 79.6 Å². The Morgan fingerprint density at radius 1 is 0.746 bits per heavy atom. The van der Waals surface area contributed by atoms with Gasteiger partial charge in [0.15, 0.2) is 12.1 Å². The second-order valence-corrected chi connectivity index (χ2v) is 20.0. The number of allylic oxidation sites excluding steroid dienone is 10. The summed E-state index contributed by atoms with van der Waals surface area (Å²) in [6.07, 6.45) is 4.37. The van der Waals surface area contributed by atoms with Crippen molar-refractivity contribution in [1.29, 1.82) is 0 Å². The average molecular weight is 1010 g/mol. The Hall–Kier alpha value is -3.22. The van der Waals surface area contributed by atoms with Gasteiger partial charge in [0.25, 0.3) is 0 Å². The van der Waals surface area contributed by atoms with Crippen LogP contribution in [0.4, 0.5) is 0 Å². The first-order chi connectivity index (χ1) is 33.5. The van der Waals surface area contributed by atoms with Gasteiger partial charge in [0.1, 0.15) is 12.2 Å². The van der Waals surface area contributed by atoms with E-state index in [0.717, 1.165) is 12.8 Å². The van der Waals surface area contributed by atoms with Crippen molar-refractivity contribution in [2.24, 2.45) is 23.5 Å². The molecule has 0 aromatic carbocycles. The van der Waals surface area contributed by atoms with E-state index in [-0.39, 0.29) is 44.6 Å². The van der Waals surface area contributed by atoms with Gasteiger partial charge >= 0.3 is 5.97 Å². The van der Waals surface area contributed by atoms with Gasteiger partial charge in [-0.3, -0.25) is 9.59 Å². The van der Waals surface area contributed by atoms with Crippen LogP contribution >= 0.6 is 0 Å². The molecular formula is C52H87N3O16. The second-order valence-electron chi connectivity index (χ2n) is 20.0. The molecular weight excluding hydrogens is 923 g/mol. The first-order valence-electron chi connectivity index (χ1n) is 25.2. The summed E-state index contributed by atoms with van der Waals surface area (Å²) in [5, 5.41) is 113. The van der Waals surface area contributed by atoms with Crippen LogP contribution in [0.2, 0.25) is 0 Å². The summed E-state index contributed by atoms with van der Waals surface area (Å²) in [5.74, 6) is -5.52. The highest BCUT2D eigenvalue weighted by Gasteiger charge is 2.51. The van der Waals surface area contributed by atoms with E-state index in [1.807, 2.05) is 68.5 Å². The smallest absolute Gasteiger partial charge is 0.308 e. The molecule has 3 aliphatic rings. The van der Waals surface area contributed by atoms with Crippen LogP contribution in [-0.4, -0.2) is 192 Å². The summed E-state index contributed by atoms with van der Waals surface area (Å²) in [6.45, 7) is 7.79. The number of aliphatic hydroxyl groups is 10. The van der Waals surface area contributed by atoms with Crippen LogP contribution in [0.15, 0.2) is 72.9 Å². The number of carbonyl (C=O) groups excluding carboxylic acids is 2. The molecule has 0 spiro atoms. The number of nitrogens with one attached hydrogen (secondary N) is 1. The van der Waals surface area contributed by atoms with E-state index in [2.05, 4.69) is 5.32 Å². The van der Waals surface area contributed by atoms with Crippen LogP contribution < -0.4 is 11.1 Å². The maximum atomic E-state index is 13.8. The third kappa shape index (κ3) is 22.0. The predicted molar refractivity (Wildman–Crippen MR) is 266 cm³/mol. The number of carbonyl (C=O) groups is 2. The number of nitrogens with two attached hydrogens (primary N) is 1. The zero-order valence-electron chi connectivity index (χ0n) is 42.5. The van der Waals surface area contributed by atoms with Crippen LogP contribution in [0.3, 0.4) is 0 Å². The van der Waals surface area contributed by atoms with Gasteiger partial charge < -0.3 is 86.0 Å². The van der Waals surface area contributed by atoms with Gasteiger partial charge in [-0.15, -0.1) is 0 Å². The molecule has 71 heavy (non-hydrogen) atoms. The van der Waals surface area contributed by atoms with E-state index < -0.39 is 140 Å². The standard InChI is InChI=1S/C52H87N3O16/c1-32-20-17-15-13-11-9-7-8-10-12-14-16-18-21-39(70-51-49(65)46(53)48(64)35(4)69-51)29-43-45(50(66)54-24-19-25-55(5)6)42(61)31-52(67,71-43)30-41(60)40(59)23-22-36(56)26-37(57)27-38(58)28-44(62)68-34(3)33(2)47(32)63/h7-8,10,12-18,20-21,32-43,45-49,51,56-61,63-65,67H,9,11,19,22-31,53H2,1-6H3,(H,54,66)/b8-7+,12-10+,15-13+,16-14+,20-17+,21-18+/t32-,33+,34-,35+,36+,37+,38+,39-,40+,41+,42-,43-,45+,46-,47+,48+,49-,51-,52+/m0/s1. The topological polar surface area (TPSA) is 315 Å². The Morgan fingerprint density at radius 3 is 2.03 bits per heavy atom. The number of fused-ring (bicyclic) bond motifs is 2. The van der Waals surface area contributed by atoms with Gasteiger partial charge in [-0.2, -0.15) is 0 Å². The fourth-order valence-corrected chi connectivity index (χ4v) is 8.86. The molecule has 0 unspecified atom stereocenters. The Kier molecular flexibility index (Phi) is 27.5. The third-order valence-electron chi connectivity index (χ3n) is 13.3. The lowest BCUT2D eigenvalue weighted by molar-refractivity contribution is -0.308. The number of ether oxygens (including phenoxy) is 4. The Balaban J connectivity index is 1.91. The van der Waals surface area contributed by atoms with Crippen LogP contribution in [-0.2, 0) is 28.5 Å². The van der Waals surface area contributed by atoms with Crippen molar-refractivity contribution in [3.63, 3.8) is 0 Å². The molecule has 2 saturated heterocycles. The molecule has 19 atom stereocenters. The molecule has 2 bridgehead atoms. The van der Waals surface area contributed by atoms with Crippen molar-refractivity contribution in [1.82, 2.24) is 10.2 Å². The maximum absolute atomic E-state index is 13.8. The van der Waals surface area contributed by atoms with E-state index >= 15 is 0 Å². The van der Waals surface area contributed by atoms with Gasteiger partial charge in [-0.1, -0.05) is 86.8 Å². The minimum atomic E-state index is -2.29. The Morgan fingerprint density at radius 2 is 1.35 bits per heavy atom. The van der Waals surface area contributed by atoms with E-state index in [1.54, 1.807) is 51.2 Å². The largest absolute Gasteiger partial charge is 0.462 e. The van der Waals surface area contributed by atoms with Crippen LogP contribution in [0, 0.1) is 17.8 Å². The van der Waals surface area contributed by atoms with Gasteiger partial charge in [0.05, 0.1) is 85.5 Å². The second kappa shape index (κ2) is 31.5. The number of hydrogen-bond donors (Lipinski definition) is 12. The van der Waals surface area contributed by atoms with Gasteiger partial charge in [-0.25, -0.2) is 0 Å². The van der Waals surface area contributed by atoms with E-state index in [9.17, 15) is 60.7 Å². The highest BCUT2D eigenvalue weighted by atomic mass is 16.7. The van der Waals surface area contributed by atoms with E-state index in [4.69, 9.17) is 24.7 Å². The Bertz CT molecular complexity index is 1750. The summed E-state index contributed by atoms with van der Waals surface area (Å²) in [4.78, 5) is 28.5. The molecule has 13 N–H and O–H groups in total. The molecule has 19 nitrogen and oxygen atoms in total. The monoisotopic (exact) mass is 1010 g/mol. The lowest BCUT2D eigenvalue weighted by Gasteiger charge is -2.46. The minimum absolute atomic E-state index is 0.115. The van der Waals surface area contributed by atoms with Gasteiger partial charge in [0, 0.05) is 37.6 Å². The maximum Gasteiger partial charge on any atom is 0.308 e. The van der Waals surface area contributed by atoms with Crippen molar-refractivity contribution in [3.8, 4) is 0 Å². The van der Waals surface area contributed by atoms with Crippen molar-refractivity contribution in [2.45, 2.75) is 196 Å². The highest BCUT2D eigenvalue weighted by Crippen LogP contribution is 2.38. The average Bonchev–Trinajstić information content (AvgIpc) is 3.28. The Labute approximate surface area is 420 Å². The fourth-order valence-electron chi connectivity index (χ4n) is 8.86. The number of cyclic esters (lactones) is 1. The fraction of sp³-hybridized carbons (Fsp3) is 0.731. The summed E-state index contributed by atoms with van der Waals surface area (Å²) in [5.41, 5.74) is 6.12. The number of rotatable bonds is 7. The molecule has 3 aliphatic heterocycles. The lowest BCUT2D eigenvalue weighted by atomic mass is 9.82. The summed E-state index contributed by atoms with van der Waals surface area (Å²) >= 11 is 0. The van der Waals surface area contributed by atoms with Gasteiger partial charge in [-0.05, 0) is 79.4 Å². The van der Waals surface area contributed by atoms with Crippen molar-refractivity contribution in [3.05, 3.63) is 72.9 Å². The van der Waals surface area contributed by atoms with Crippen molar-refractivity contribution >= 4 is 11.9 Å². The van der Waals surface area contributed by atoms with Crippen LogP contribution in [0.5, 0.6) is 0 Å². The third-order valence-corrected chi connectivity index (χ3v) is 13.3. The lowest BCUT2D eigenvalue weighted by Crippen LogP contribution is -2.62. The molecule has 19 heteroatoms. The normalized spacial score (nSPS) is 42.5. The number of nitrogens with zero attached hydrogens (tertiary/aromatic N) is 1. The van der Waals surface area contributed by atoms with E-state index in [0.29, 0.717) is 13.0 Å². The summed E-state index contributed by atoms with van der Waals surface area (Å²) in [6, 6.07) is -1.12. The number of hydrogen-bond acceptors (Lipinski definition) is 18. The SMILES string of the molecule is C[C@H]1[C@H](O)[C@@H](C)/C=C/C=C/CC/C=C/C=C/C=C/C=C/[C@H](O[C@@H]2O[C@H](C)[C@@H](O)[C@H](N)[C@@H]2O)C[C@@H]2O[C@](O)(C[C@@H](O)[C@H](O)CC[C@@H](O)C[C@@H](O)C[C@@H](O)CC(=O)O[C@H]1C)C[C@H](O)[C@H]2C(=O)NCCCN(C)C. The molecule has 0 radical (unpaired) electrons. The van der Waals surface area contributed by atoms with Crippen LogP contribution in [0.25, 0.3) is 0 Å². The molecule has 0 saturated carbocycles. The predicted octanol–water partition coefficient (Wildman–Crippen LogP) is 0.919.